The van der Waals surface area contributed by atoms with Crippen LogP contribution in [0.5, 0.6) is 0 Å². The summed E-state index contributed by atoms with van der Waals surface area (Å²) < 4.78 is 1.59. The van der Waals surface area contributed by atoms with Gasteiger partial charge in [0.25, 0.3) is 5.91 Å². The summed E-state index contributed by atoms with van der Waals surface area (Å²) in [6, 6.07) is 17.4. The van der Waals surface area contributed by atoms with Gasteiger partial charge in [0.05, 0.1) is 17.4 Å². The number of hydrogen-bond donors (Lipinski definition) is 2. The van der Waals surface area contributed by atoms with Gasteiger partial charge >= 0.3 is 0 Å². The third kappa shape index (κ3) is 3.33. The Bertz CT molecular complexity index is 844. The summed E-state index contributed by atoms with van der Waals surface area (Å²) in [5, 5.41) is 6.82. The molecule has 0 bridgehead atoms. The zero-order chi connectivity index (χ0) is 16.9. The maximum atomic E-state index is 12.4. The minimum Gasteiger partial charge on any atom is -0.368 e. The SMILES string of the molecule is NC(=O)C(NC(=O)c1cnn(-c2ccccc2)c1)c1ccccc1. The fraction of sp³-hybridized carbons (Fsp3) is 0.0556. The maximum Gasteiger partial charge on any atom is 0.255 e. The van der Waals surface area contributed by atoms with Crippen molar-refractivity contribution in [1.82, 2.24) is 15.1 Å². The molecule has 0 aliphatic carbocycles. The molecule has 2 aromatic carbocycles. The van der Waals surface area contributed by atoms with Crippen molar-refractivity contribution >= 4 is 11.8 Å². The van der Waals surface area contributed by atoms with Crippen LogP contribution in [0.2, 0.25) is 0 Å². The van der Waals surface area contributed by atoms with Crippen molar-refractivity contribution < 1.29 is 9.59 Å². The molecule has 0 aliphatic rings. The Labute approximate surface area is 138 Å². The van der Waals surface area contributed by atoms with Crippen LogP contribution in [0.25, 0.3) is 5.69 Å². The predicted molar refractivity (Wildman–Crippen MR) is 89.4 cm³/mol. The standard InChI is InChI=1S/C18H16N4O2/c19-17(23)16(13-7-3-1-4-8-13)21-18(24)14-11-20-22(12-14)15-9-5-2-6-10-15/h1-12,16H,(H2,19,23)(H,21,24). The Balaban J connectivity index is 1.79. The first-order valence-electron chi connectivity index (χ1n) is 7.40. The fourth-order valence-corrected chi connectivity index (χ4v) is 2.34. The second-order valence-electron chi connectivity index (χ2n) is 5.23. The Kier molecular flexibility index (Phi) is 4.38. The molecule has 0 saturated carbocycles. The van der Waals surface area contributed by atoms with E-state index >= 15 is 0 Å². The van der Waals surface area contributed by atoms with Gasteiger partial charge < -0.3 is 11.1 Å². The molecule has 0 fully saturated rings. The molecule has 0 saturated heterocycles. The second kappa shape index (κ2) is 6.78. The van der Waals surface area contributed by atoms with E-state index in [-0.39, 0.29) is 0 Å². The molecule has 2 amide bonds. The molecule has 24 heavy (non-hydrogen) atoms. The third-order valence-electron chi connectivity index (χ3n) is 3.56. The van der Waals surface area contributed by atoms with Crippen molar-refractivity contribution in [3.05, 3.63) is 84.2 Å². The first-order valence-corrected chi connectivity index (χ1v) is 7.40. The van der Waals surface area contributed by atoms with E-state index in [1.165, 1.54) is 6.20 Å². The van der Waals surface area contributed by atoms with E-state index in [0.717, 1.165) is 5.69 Å². The number of hydrogen-bond acceptors (Lipinski definition) is 3. The highest BCUT2D eigenvalue weighted by Gasteiger charge is 2.21. The van der Waals surface area contributed by atoms with Crippen LogP contribution >= 0.6 is 0 Å². The van der Waals surface area contributed by atoms with E-state index in [4.69, 9.17) is 5.73 Å². The number of carbonyl (C=O) groups excluding carboxylic acids is 2. The minimum absolute atomic E-state index is 0.348. The highest BCUT2D eigenvalue weighted by atomic mass is 16.2. The Morgan fingerprint density at radius 1 is 1.00 bits per heavy atom. The molecule has 3 N–H and O–H groups in total. The molecule has 120 valence electrons. The third-order valence-corrected chi connectivity index (χ3v) is 3.56. The highest BCUT2D eigenvalue weighted by Crippen LogP contribution is 2.14. The number of benzene rings is 2. The number of nitrogens with one attached hydrogen (secondary N) is 1. The summed E-state index contributed by atoms with van der Waals surface area (Å²) in [7, 11) is 0. The molecule has 3 rings (SSSR count). The Morgan fingerprint density at radius 3 is 2.25 bits per heavy atom. The molecule has 3 aromatic rings. The monoisotopic (exact) mass is 320 g/mol. The lowest BCUT2D eigenvalue weighted by atomic mass is 10.1. The number of rotatable bonds is 5. The summed E-state index contributed by atoms with van der Waals surface area (Å²) in [4.78, 5) is 24.1. The normalized spacial score (nSPS) is 11.7. The minimum atomic E-state index is -0.890. The quantitative estimate of drug-likeness (QED) is 0.751. The van der Waals surface area contributed by atoms with Crippen LogP contribution in [-0.2, 0) is 4.79 Å². The van der Waals surface area contributed by atoms with Crippen LogP contribution < -0.4 is 11.1 Å². The summed E-state index contributed by atoms with van der Waals surface area (Å²) in [5.74, 6) is -1.03. The van der Waals surface area contributed by atoms with Gasteiger partial charge in [-0.15, -0.1) is 0 Å². The highest BCUT2D eigenvalue weighted by molar-refractivity contribution is 5.97. The van der Waals surface area contributed by atoms with E-state index < -0.39 is 17.9 Å². The van der Waals surface area contributed by atoms with E-state index in [2.05, 4.69) is 10.4 Å². The first-order chi connectivity index (χ1) is 11.6. The average molecular weight is 320 g/mol. The predicted octanol–water partition coefficient (Wildman–Crippen LogP) is 1.83. The van der Waals surface area contributed by atoms with Crippen LogP contribution in [0.3, 0.4) is 0 Å². The van der Waals surface area contributed by atoms with Gasteiger partial charge in [0.2, 0.25) is 5.91 Å². The average Bonchev–Trinajstić information content (AvgIpc) is 3.11. The van der Waals surface area contributed by atoms with Crippen molar-refractivity contribution in [3.63, 3.8) is 0 Å². The van der Waals surface area contributed by atoms with Gasteiger partial charge in [0.1, 0.15) is 6.04 Å². The van der Waals surface area contributed by atoms with Crippen LogP contribution in [0.1, 0.15) is 22.0 Å². The molecule has 1 unspecified atom stereocenters. The smallest absolute Gasteiger partial charge is 0.255 e. The molecular formula is C18H16N4O2. The number of para-hydroxylation sites is 1. The molecule has 6 heteroatoms. The number of nitrogens with two attached hydrogens (primary N) is 1. The summed E-state index contributed by atoms with van der Waals surface area (Å²) in [6.07, 6.45) is 3.05. The van der Waals surface area contributed by atoms with E-state index in [0.29, 0.717) is 11.1 Å². The molecule has 1 heterocycles. The van der Waals surface area contributed by atoms with E-state index in [9.17, 15) is 9.59 Å². The molecule has 1 aromatic heterocycles. The fourth-order valence-electron chi connectivity index (χ4n) is 2.34. The lowest BCUT2D eigenvalue weighted by Gasteiger charge is -2.15. The Hall–Kier alpha value is -3.41. The van der Waals surface area contributed by atoms with Crippen molar-refractivity contribution in [2.45, 2.75) is 6.04 Å². The lowest BCUT2D eigenvalue weighted by molar-refractivity contribution is -0.120. The molecule has 1 atom stereocenters. The van der Waals surface area contributed by atoms with E-state index in [1.54, 1.807) is 35.1 Å². The number of primary amides is 1. The summed E-state index contributed by atoms with van der Waals surface area (Å²) in [5.41, 5.74) is 7.24. The van der Waals surface area contributed by atoms with Gasteiger partial charge in [-0.2, -0.15) is 5.10 Å². The second-order valence-corrected chi connectivity index (χ2v) is 5.23. The van der Waals surface area contributed by atoms with Gasteiger partial charge in [-0.1, -0.05) is 48.5 Å². The molecular weight excluding hydrogens is 304 g/mol. The number of aromatic nitrogens is 2. The molecule has 6 nitrogen and oxygen atoms in total. The Morgan fingerprint density at radius 2 is 1.62 bits per heavy atom. The van der Waals surface area contributed by atoms with Crippen molar-refractivity contribution in [3.8, 4) is 5.69 Å². The zero-order valence-corrected chi connectivity index (χ0v) is 12.8. The van der Waals surface area contributed by atoms with Gasteiger partial charge in [-0.25, -0.2) is 4.68 Å². The van der Waals surface area contributed by atoms with Crippen molar-refractivity contribution in [2.75, 3.05) is 0 Å². The van der Waals surface area contributed by atoms with Crippen LogP contribution in [0.4, 0.5) is 0 Å². The van der Waals surface area contributed by atoms with Gasteiger partial charge in [0, 0.05) is 6.20 Å². The zero-order valence-electron chi connectivity index (χ0n) is 12.8. The van der Waals surface area contributed by atoms with Crippen molar-refractivity contribution in [1.29, 1.82) is 0 Å². The number of carbonyl (C=O) groups is 2. The topological polar surface area (TPSA) is 90.0 Å². The van der Waals surface area contributed by atoms with Crippen LogP contribution in [0.15, 0.2) is 73.1 Å². The molecule has 0 radical (unpaired) electrons. The summed E-state index contributed by atoms with van der Waals surface area (Å²) in [6.45, 7) is 0. The maximum absolute atomic E-state index is 12.4. The number of nitrogens with zero attached hydrogens (tertiary/aromatic N) is 2. The van der Waals surface area contributed by atoms with E-state index in [1.807, 2.05) is 36.4 Å². The van der Waals surface area contributed by atoms with Crippen LogP contribution in [0, 0.1) is 0 Å². The molecule has 0 spiro atoms. The van der Waals surface area contributed by atoms with Crippen LogP contribution in [-0.4, -0.2) is 21.6 Å². The van der Waals surface area contributed by atoms with Crippen molar-refractivity contribution in [2.24, 2.45) is 5.73 Å². The largest absolute Gasteiger partial charge is 0.368 e. The summed E-state index contributed by atoms with van der Waals surface area (Å²) >= 11 is 0. The molecule has 0 aliphatic heterocycles. The first kappa shape index (κ1) is 15.5. The van der Waals surface area contributed by atoms with Gasteiger partial charge in [0.15, 0.2) is 0 Å². The lowest BCUT2D eigenvalue weighted by Crippen LogP contribution is -2.37. The number of amides is 2. The van der Waals surface area contributed by atoms with Gasteiger partial charge in [-0.05, 0) is 17.7 Å². The van der Waals surface area contributed by atoms with Gasteiger partial charge in [-0.3, -0.25) is 9.59 Å².